The Hall–Kier alpha value is -4.24. The molecule has 0 fully saturated rings. The first-order chi connectivity index (χ1) is 16.5. The van der Waals surface area contributed by atoms with Crippen LogP contribution in [0, 0.1) is 0 Å². The number of hydrogen-bond donors (Lipinski definition) is 1. The third-order valence-corrected chi connectivity index (χ3v) is 6.28. The molecule has 5 aromatic rings. The Morgan fingerprint density at radius 2 is 2.12 bits per heavy atom. The molecule has 1 atom stereocenters. The Morgan fingerprint density at radius 3 is 2.91 bits per heavy atom. The number of amides is 1. The topological polar surface area (TPSA) is 104 Å². The van der Waals surface area contributed by atoms with Gasteiger partial charge in [-0.3, -0.25) is 14.4 Å². The van der Waals surface area contributed by atoms with Gasteiger partial charge in [-0.15, -0.1) is 0 Å². The van der Waals surface area contributed by atoms with Gasteiger partial charge in [-0.2, -0.15) is 5.10 Å². The molecule has 0 saturated heterocycles. The molecular weight excluding hydrogens is 430 g/mol. The van der Waals surface area contributed by atoms with Crippen LogP contribution in [-0.4, -0.2) is 30.1 Å². The number of anilines is 2. The molecule has 1 aliphatic rings. The van der Waals surface area contributed by atoms with Crippen molar-refractivity contribution in [2.45, 2.75) is 26.2 Å². The molecule has 170 valence electrons. The van der Waals surface area contributed by atoms with E-state index in [1.54, 1.807) is 21.8 Å². The van der Waals surface area contributed by atoms with Crippen molar-refractivity contribution in [2.75, 3.05) is 10.6 Å². The minimum absolute atomic E-state index is 0.117. The zero-order valence-electron chi connectivity index (χ0n) is 18.8. The molecular formula is C25H23N7O2. The van der Waals surface area contributed by atoms with Gasteiger partial charge in [-0.1, -0.05) is 6.07 Å². The van der Waals surface area contributed by atoms with Crippen LogP contribution in [0.1, 0.15) is 40.2 Å². The van der Waals surface area contributed by atoms with E-state index in [9.17, 15) is 4.79 Å². The van der Waals surface area contributed by atoms with Gasteiger partial charge in [0.15, 0.2) is 0 Å². The molecule has 1 unspecified atom stereocenters. The van der Waals surface area contributed by atoms with E-state index in [1.807, 2.05) is 67.3 Å². The van der Waals surface area contributed by atoms with Crippen molar-refractivity contribution in [3.05, 3.63) is 83.6 Å². The van der Waals surface area contributed by atoms with E-state index in [-0.39, 0.29) is 12.0 Å². The molecule has 0 bridgehead atoms. The molecule has 0 radical (unpaired) electrons. The number of imidazole rings is 1. The molecule has 5 heterocycles. The second-order valence-corrected chi connectivity index (χ2v) is 8.54. The standard InChI is InChI=1S/C25H23N7O2/c1-15-23-20(14-34-15)19-9-16(6-7-21(19)29-24(23)26)25(33)32(18-10-27-30(2)13-18)12-17-11-31-8-4-3-5-22(31)28-17/h3-11,13,15H,12,14H2,1-2H3,(H2,26,29). The molecule has 1 aliphatic heterocycles. The monoisotopic (exact) mass is 453 g/mol. The number of carbonyl (C=O) groups is 1. The van der Waals surface area contributed by atoms with Crippen molar-refractivity contribution < 1.29 is 9.53 Å². The van der Waals surface area contributed by atoms with Crippen molar-refractivity contribution in [1.82, 2.24) is 24.1 Å². The summed E-state index contributed by atoms with van der Waals surface area (Å²) in [4.78, 5) is 24.7. The molecule has 9 nitrogen and oxygen atoms in total. The number of fused-ring (bicyclic) bond motifs is 4. The summed E-state index contributed by atoms with van der Waals surface area (Å²) >= 11 is 0. The van der Waals surface area contributed by atoms with Crippen LogP contribution >= 0.6 is 0 Å². The van der Waals surface area contributed by atoms with Crippen LogP contribution in [0.5, 0.6) is 0 Å². The first-order valence-corrected chi connectivity index (χ1v) is 11.0. The van der Waals surface area contributed by atoms with Gasteiger partial charge in [0.05, 0.1) is 42.4 Å². The number of ether oxygens (including phenoxy) is 1. The highest BCUT2D eigenvalue weighted by Crippen LogP contribution is 2.38. The summed E-state index contributed by atoms with van der Waals surface area (Å²) < 4.78 is 9.42. The molecule has 4 aromatic heterocycles. The molecule has 34 heavy (non-hydrogen) atoms. The zero-order chi connectivity index (χ0) is 23.4. The second kappa shape index (κ2) is 7.67. The second-order valence-electron chi connectivity index (χ2n) is 8.54. The number of aromatic nitrogens is 5. The number of rotatable bonds is 4. The first-order valence-electron chi connectivity index (χ1n) is 11.0. The molecule has 1 aromatic carbocycles. The lowest BCUT2D eigenvalue weighted by Crippen LogP contribution is -2.30. The maximum Gasteiger partial charge on any atom is 0.258 e. The number of benzene rings is 1. The van der Waals surface area contributed by atoms with Gasteiger partial charge in [-0.05, 0) is 42.8 Å². The number of aryl methyl sites for hydroxylation is 1. The van der Waals surface area contributed by atoms with Crippen molar-refractivity contribution >= 4 is 34.0 Å². The Morgan fingerprint density at radius 1 is 1.24 bits per heavy atom. The van der Waals surface area contributed by atoms with Crippen molar-refractivity contribution in [1.29, 1.82) is 0 Å². The highest BCUT2D eigenvalue weighted by atomic mass is 16.5. The molecule has 1 amide bonds. The minimum Gasteiger partial charge on any atom is -0.383 e. The van der Waals surface area contributed by atoms with Crippen LogP contribution in [0.15, 0.2) is 61.2 Å². The van der Waals surface area contributed by atoms with E-state index in [4.69, 9.17) is 10.5 Å². The van der Waals surface area contributed by atoms with Crippen LogP contribution in [-0.2, 0) is 24.9 Å². The third kappa shape index (κ3) is 3.29. The predicted octanol–water partition coefficient (Wildman–Crippen LogP) is 3.64. The number of nitrogen functional groups attached to an aromatic ring is 1. The van der Waals surface area contributed by atoms with E-state index in [0.29, 0.717) is 30.2 Å². The van der Waals surface area contributed by atoms with Gasteiger partial charge in [0.2, 0.25) is 0 Å². The highest BCUT2D eigenvalue weighted by Gasteiger charge is 2.27. The zero-order valence-corrected chi connectivity index (χ0v) is 18.8. The molecule has 0 aliphatic carbocycles. The quantitative estimate of drug-likeness (QED) is 0.446. The molecule has 0 spiro atoms. The maximum absolute atomic E-state index is 13.8. The van der Waals surface area contributed by atoms with Crippen LogP contribution < -0.4 is 10.6 Å². The average Bonchev–Trinajstić information content (AvgIpc) is 3.55. The Balaban J connectivity index is 1.42. The lowest BCUT2D eigenvalue weighted by Gasteiger charge is -2.20. The van der Waals surface area contributed by atoms with Crippen LogP contribution in [0.4, 0.5) is 11.5 Å². The summed E-state index contributed by atoms with van der Waals surface area (Å²) in [5, 5.41) is 5.16. The van der Waals surface area contributed by atoms with E-state index in [1.165, 1.54) is 0 Å². The SMILES string of the molecule is CC1OCc2c1c(N)nc1ccc(C(=O)N(Cc3cn4ccccc4n3)c3cnn(C)c3)cc21. The fourth-order valence-electron chi connectivity index (χ4n) is 4.61. The van der Waals surface area contributed by atoms with Crippen molar-refractivity contribution in [3.8, 4) is 0 Å². The fraction of sp³-hybridized carbons (Fsp3) is 0.200. The van der Waals surface area contributed by atoms with Crippen LogP contribution in [0.3, 0.4) is 0 Å². The Kier molecular flexibility index (Phi) is 4.59. The van der Waals surface area contributed by atoms with Gasteiger partial charge in [0, 0.05) is 42.2 Å². The molecule has 2 N–H and O–H groups in total. The highest BCUT2D eigenvalue weighted by molar-refractivity contribution is 6.08. The number of nitrogens with two attached hydrogens (primary N) is 1. The van der Waals surface area contributed by atoms with Gasteiger partial charge >= 0.3 is 0 Å². The Bertz CT molecular complexity index is 1540. The van der Waals surface area contributed by atoms with Gasteiger partial charge in [0.25, 0.3) is 5.91 Å². The van der Waals surface area contributed by atoms with Crippen LogP contribution in [0.2, 0.25) is 0 Å². The van der Waals surface area contributed by atoms with E-state index in [0.717, 1.165) is 33.4 Å². The normalized spacial score (nSPS) is 15.2. The number of pyridine rings is 2. The van der Waals surface area contributed by atoms with Gasteiger partial charge < -0.3 is 14.9 Å². The summed E-state index contributed by atoms with van der Waals surface area (Å²) in [6.07, 6.45) is 7.26. The lowest BCUT2D eigenvalue weighted by molar-refractivity contribution is 0.0801. The summed E-state index contributed by atoms with van der Waals surface area (Å²) in [5.74, 6) is 0.333. The van der Waals surface area contributed by atoms with E-state index < -0.39 is 0 Å². The Labute approximate surface area is 195 Å². The number of carbonyl (C=O) groups excluding carboxylic acids is 1. The third-order valence-electron chi connectivity index (χ3n) is 6.28. The summed E-state index contributed by atoms with van der Waals surface area (Å²) in [6.45, 7) is 2.72. The van der Waals surface area contributed by atoms with Gasteiger partial charge in [0.1, 0.15) is 11.5 Å². The molecule has 9 heteroatoms. The first kappa shape index (κ1) is 20.4. The summed E-state index contributed by atoms with van der Waals surface area (Å²) in [7, 11) is 1.83. The predicted molar refractivity (Wildman–Crippen MR) is 128 cm³/mol. The van der Waals surface area contributed by atoms with E-state index in [2.05, 4.69) is 15.1 Å². The minimum atomic E-state index is -0.149. The van der Waals surface area contributed by atoms with Crippen molar-refractivity contribution in [3.63, 3.8) is 0 Å². The van der Waals surface area contributed by atoms with Crippen LogP contribution in [0.25, 0.3) is 16.6 Å². The van der Waals surface area contributed by atoms with Gasteiger partial charge in [-0.25, -0.2) is 9.97 Å². The molecule has 0 saturated carbocycles. The smallest absolute Gasteiger partial charge is 0.258 e. The number of nitrogens with zero attached hydrogens (tertiary/aromatic N) is 6. The maximum atomic E-state index is 13.8. The average molecular weight is 454 g/mol. The summed E-state index contributed by atoms with van der Waals surface area (Å²) in [6, 6.07) is 11.3. The lowest BCUT2D eigenvalue weighted by atomic mass is 10.00. The number of hydrogen-bond acceptors (Lipinski definition) is 6. The largest absolute Gasteiger partial charge is 0.383 e. The fourth-order valence-corrected chi connectivity index (χ4v) is 4.61. The summed E-state index contributed by atoms with van der Waals surface area (Å²) in [5.41, 5.74) is 11.7. The molecule has 6 rings (SSSR count). The van der Waals surface area contributed by atoms with Crippen molar-refractivity contribution in [2.24, 2.45) is 7.05 Å². The van der Waals surface area contributed by atoms with E-state index >= 15 is 0 Å².